The van der Waals surface area contributed by atoms with Gasteiger partial charge in [-0.25, -0.2) is 5.10 Å². The Hall–Kier alpha value is -1.24. The first-order valence-electron chi connectivity index (χ1n) is 2.77. The topological polar surface area (TPSA) is 111 Å². The molecule has 60 valence electrons. The molecule has 7 heteroatoms. The lowest BCUT2D eigenvalue weighted by Gasteiger charge is -1.88. The maximum Gasteiger partial charge on any atom is 0.227 e. The molecule has 0 aliphatic carbocycles. The van der Waals surface area contributed by atoms with Crippen LogP contribution in [0.4, 0.5) is 5.95 Å². The van der Waals surface area contributed by atoms with Crippen LogP contribution in [0.1, 0.15) is 0 Å². The number of thioether (sulfide) groups is 1. The van der Waals surface area contributed by atoms with Crippen molar-refractivity contribution in [3.8, 4) is 0 Å². The molecule has 0 aliphatic rings. The van der Waals surface area contributed by atoms with Gasteiger partial charge in [0.2, 0.25) is 17.0 Å². The maximum absolute atomic E-state index is 10.3. The number of rotatable bonds is 3. The van der Waals surface area contributed by atoms with Crippen molar-refractivity contribution in [2.24, 2.45) is 5.73 Å². The number of nitrogens with zero attached hydrogens (tertiary/aromatic N) is 2. The lowest BCUT2D eigenvalue weighted by molar-refractivity contribution is -0.115. The summed E-state index contributed by atoms with van der Waals surface area (Å²) in [7, 11) is 0. The Kier molecular flexibility index (Phi) is 2.32. The molecule has 0 spiro atoms. The number of nitrogen functional groups attached to an aromatic ring is 1. The van der Waals surface area contributed by atoms with E-state index < -0.39 is 5.91 Å². The van der Waals surface area contributed by atoms with Crippen molar-refractivity contribution in [1.82, 2.24) is 15.2 Å². The largest absolute Gasteiger partial charge is 0.369 e. The minimum Gasteiger partial charge on any atom is -0.369 e. The number of primary amides is 1. The number of H-pyrrole nitrogens is 1. The fraction of sp³-hybridized carbons (Fsp3) is 0.250. The lowest BCUT2D eigenvalue weighted by atomic mass is 10.8. The Labute approximate surface area is 66.7 Å². The molecule has 11 heavy (non-hydrogen) atoms. The first-order chi connectivity index (χ1) is 5.18. The van der Waals surface area contributed by atoms with Gasteiger partial charge in [0.25, 0.3) is 0 Å². The molecule has 5 N–H and O–H groups in total. The highest BCUT2D eigenvalue weighted by atomic mass is 32.2. The summed E-state index contributed by atoms with van der Waals surface area (Å²) in [6.07, 6.45) is 0. The summed E-state index contributed by atoms with van der Waals surface area (Å²) >= 11 is 1.14. The van der Waals surface area contributed by atoms with Gasteiger partial charge in [0.05, 0.1) is 5.75 Å². The van der Waals surface area contributed by atoms with Gasteiger partial charge in [-0.1, -0.05) is 11.8 Å². The van der Waals surface area contributed by atoms with Gasteiger partial charge in [0, 0.05) is 0 Å². The molecule has 1 aromatic heterocycles. The smallest absolute Gasteiger partial charge is 0.227 e. The van der Waals surface area contributed by atoms with Crippen LogP contribution in [0.25, 0.3) is 0 Å². The number of amides is 1. The van der Waals surface area contributed by atoms with Gasteiger partial charge < -0.3 is 11.5 Å². The first kappa shape index (κ1) is 7.86. The highest BCUT2D eigenvalue weighted by molar-refractivity contribution is 7.99. The van der Waals surface area contributed by atoms with Crippen molar-refractivity contribution in [2.45, 2.75) is 5.16 Å². The minimum absolute atomic E-state index is 0.164. The molecule has 6 nitrogen and oxygen atoms in total. The Bertz CT molecular complexity index is 259. The molecule has 0 radical (unpaired) electrons. The second kappa shape index (κ2) is 3.24. The molecule has 1 rings (SSSR count). The number of carbonyl (C=O) groups excluding carboxylic acids is 1. The fourth-order valence-corrected chi connectivity index (χ4v) is 1.00. The van der Waals surface area contributed by atoms with Crippen LogP contribution in [0.5, 0.6) is 0 Å². The predicted octanol–water partition coefficient (Wildman–Crippen LogP) is -1.04. The normalized spacial score (nSPS) is 9.82. The second-order valence-electron chi connectivity index (χ2n) is 1.76. The van der Waals surface area contributed by atoms with Crippen molar-refractivity contribution < 1.29 is 4.79 Å². The van der Waals surface area contributed by atoms with Gasteiger partial charge in [-0.05, 0) is 0 Å². The molecule has 0 fully saturated rings. The average Bonchev–Trinajstić information content (AvgIpc) is 2.31. The van der Waals surface area contributed by atoms with Crippen LogP contribution >= 0.6 is 11.8 Å². The number of aromatic amines is 1. The van der Waals surface area contributed by atoms with Gasteiger partial charge in [-0.3, -0.25) is 4.79 Å². The molecule has 0 aromatic carbocycles. The summed E-state index contributed by atoms with van der Waals surface area (Å²) in [6.45, 7) is 0. The van der Waals surface area contributed by atoms with Crippen LogP contribution in [0.2, 0.25) is 0 Å². The van der Waals surface area contributed by atoms with Gasteiger partial charge in [-0.2, -0.15) is 4.98 Å². The monoisotopic (exact) mass is 173 g/mol. The van der Waals surface area contributed by atoms with E-state index in [1.807, 2.05) is 0 Å². The van der Waals surface area contributed by atoms with E-state index in [1.165, 1.54) is 0 Å². The first-order valence-corrected chi connectivity index (χ1v) is 3.76. The van der Waals surface area contributed by atoms with Crippen LogP contribution in [0.3, 0.4) is 0 Å². The zero-order valence-electron chi connectivity index (χ0n) is 5.57. The van der Waals surface area contributed by atoms with Crippen LogP contribution in [0.15, 0.2) is 5.16 Å². The Balaban J connectivity index is 2.45. The number of anilines is 1. The van der Waals surface area contributed by atoms with E-state index in [2.05, 4.69) is 15.2 Å². The molecule has 1 amide bonds. The summed E-state index contributed by atoms with van der Waals surface area (Å²) < 4.78 is 0. The van der Waals surface area contributed by atoms with E-state index in [9.17, 15) is 4.79 Å². The average molecular weight is 173 g/mol. The number of nitrogens with two attached hydrogens (primary N) is 2. The zero-order valence-corrected chi connectivity index (χ0v) is 6.39. The van der Waals surface area contributed by atoms with E-state index >= 15 is 0 Å². The minimum atomic E-state index is -0.404. The molecule has 0 unspecified atom stereocenters. The number of hydrogen-bond acceptors (Lipinski definition) is 5. The molecule has 1 heterocycles. The number of carbonyl (C=O) groups is 1. The maximum atomic E-state index is 10.3. The van der Waals surface area contributed by atoms with Crippen molar-refractivity contribution in [3.05, 3.63) is 0 Å². The van der Waals surface area contributed by atoms with E-state index in [0.29, 0.717) is 5.16 Å². The summed E-state index contributed by atoms with van der Waals surface area (Å²) in [6, 6.07) is 0. The van der Waals surface area contributed by atoms with Crippen molar-refractivity contribution in [3.63, 3.8) is 0 Å². The molecular weight excluding hydrogens is 166 g/mol. The van der Waals surface area contributed by atoms with Crippen molar-refractivity contribution >= 4 is 23.6 Å². The predicted molar refractivity (Wildman–Crippen MR) is 40.7 cm³/mol. The highest BCUT2D eigenvalue weighted by Crippen LogP contribution is 2.11. The summed E-state index contributed by atoms with van der Waals surface area (Å²) in [4.78, 5) is 14.0. The number of nitrogens with one attached hydrogen (secondary N) is 1. The summed E-state index contributed by atoms with van der Waals surface area (Å²) in [5.41, 5.74) is 10.1. The Morgan fingerprint density at radius 3 is 2.91 bits per heavy atom. The van der Waals surface area contributed by atoms with Crippen LogP contribution in [0, 0.1) is 0 Å². The highest BCUT2D eigenvalue weighted by Gasteiger charge is 2.02. The van der Waals surface area contributed by atoms with Crippen molar-refractivity contribution in [2.75, 3.05) is 11.5 Å². The van der Waals surface area contributed by atoms with E-state index in [4.69, 9.17) is 11.5 Å². The van der Waals surface area contributed by atoms with Crippen molar-refractivity contribution in [1.29, 1.82) is 0 Å². The number of hydrogen-bond donors (Lipinski definition) is 3. The molecule has 0 atom stereocenters. The number of aromatic nitrogens is 3. The zero-order chi connectivity index (χ0) is 8.27. The third-order valence-corrected chi connectivity index (χ3v) is 1.70. The molecule has 0 aliphatic heterocycles. The molecule has 0 saturated carbocycles. The Morgan fingerprint density at radius 2 is 2.45 bits per heavy atom. The third-order valence-electron chi connectivity index (χ3n) is 0.826. The second-order valence-corrected chi connectivity index (χ2v) is 2.70. The summed E-state index contributed by atoms with van der Waals surface area (Å²) in [5.74, 6) is -0.00700. The Morgan fingerprint density at radius 1 is 1.73 bits per heavy atom. The SMILES string of the molecule is NC(=O)CSc1n[nH]c(N)n1. The molecule has 1 aromatic rings. The van der Waals surface area contributed by atoms with E-state index in [-0.39, 0.29) is 11.7 Å². The molecule has 0 saturated heterocycles. The van der Waals surface area contributed by atoms with Gasteiger partial charge in [0.15, 0.2) is 0 Å². The van der Waals surface area contributed by atoms with Crippen LogP contribution in [-0.4, -0.2) is 26.8 Å². The molecule has 0 bridgehead atoms. The summed E-state index contributed by atoms with van der Waals surface area (Å²) in [5, 5.41) is 6.55. The lowest BCUT2D eigenvalue weighted by Crippen LogP contribution is -2.13. The van der Waals surface area contributed by atoms with Gasteiger partial charge in [0.1, 0.15) is 0 Å². The fourth-order valence-electron chi connectivity index (χ4n) is 0.458. The van der Waals surface area contributed by atoms with Gasteiger partial charge >= 0.3 is 0 Å². The van der Waals surface area contributed by atoms with E-state index in [0.717, 1.165) is 11.8 Å². The third kappa shape index (κ3) is 2.46. The van der Waals surface area contributed by atoms with Crippen LogP contribution in [-0.2, 0) is 4.79 Å². The van der Waals surface area contributed by atoms with E-state index in [1.54, 1.807) is 0 Å². The van der Waals surface area contributed by atoms with Gasteiger partial charge in [-0.15, -0.1) is 5.10 Å². The van der Waals surface area contributed by atoms with Crippen LogP contribution < -0.4 is 11.5 Å². The standard InChI is InChI=1S/C4H7N5OS/c5-2(10)1-11-4-7-3(6)8-9-4/h1H2,(H2,5,10)(H3,6,7,8,9). The quantitative estimate of drug-likeness (QED) is 0.506. The molecular formula is C4H7N5OS.